The fourth-order valence-electron chi connectivity index (χ4n) is 3.19. The van der Waals surface area contributed by atoms with E-state index in [1.807, 2.05) is 34.9 Å². The van der Waals surface area contributed by atoms with Crippen LogP contribution in [-0.4, -0.2) is 44.7 Å². The number of thioether (sulfide) groups is 1. The van der Waals surface area contributed by atoms with Gasteiger partial charge in [-0.15, -0.1) is 10.2 Å². The van der Waals surface area contributed by atoms with Crippen LogP contribution in [-0.2, 0) is 4.79 Å². The summed E-state index contributed by atoms with van der Waals surface area (Å²) in [5, 5.41) is 16.0. The minimum atomic E-state index is -0.166. The minimum Gasteiger partial charge on any atom is -0.360 e. The molecule has 0 bridgehead atoms. The number of rotatable bonds is 6. The normalized spacial score (nSPS) is 14.2. The van der Waals surface area contributed by atoms with Gasteiger partial charge in [0.2, 0.25) is 11.9 Å². The van der Waals surface area contributed by atoms with Crippen molar-refractivity contribution in [2.45, 2.75) is 31.3 Å². The highest BCUT2D eigenvalue weighted by atomic mass is 32.2. The van der Waals surface area contributed by atoms with Crippen molar-refractivity contribution in [3.05, 3.63) is 42.2 Å². The lowest BCUT2D eigenvalue weighted by atomic mass is 10.1. The molecule has 1 aliphatic rings. The Labute approximate surface area is 167 Å². The Hall–Kier alpha value is -2.81. The Kier molecular flexibility index (Phi) is 5.61. The van der Waals surface area contributed by atoms with E-state index in [0.717, 1.165) is 37.6 Å². The summed E-state index contributed by atoms with van der Waals surface area (Å²) in [6, 6.07) is 11.7. The molecule has 3 heterocycles. The van der Waals surface area contributed by atoms with Crippen molar-refractivity contribution in [3.63, 3.8) is 0 Å². The van der Waals surface area contributed by atoms with Crippen molar-refractivity contribution in [1.82, 2.24) is 19.9 Å². The van der Waals surface area contributed by atoms with Gasteiger partial charge in [-0.05, 0) is 38.3 Å². The van der Waals surface area contributed by atoms with Crippen LogP contribution < -0.4 is 10.2 Å². The number of carbonyl (C=O) groups excluding carboxylic acids is 1. The van der Waals surface area contributed by atoms with Gasteiger partial charge in [-0.1, -0.05) is 35.1 Å². The number of benzene rings is 1. The van der Waals surface area contributed by atoms with E-state index in [1.54, 1.807) is 13.0 Å². The Morgan fingerprint density at radius 2 is 1.96 bits per heavy atom. The zero-order chi connectivity index (χ0) is 19.3. The molecule has 0 unspecified atom stereocenters. The molecule has 1 amide bonds. The van der Waals surface area contributed by atoms with E-state index in [1.165, 1.54) is 18.2 Å². The molecule has 0 aliphatic carbocycles. The lowest BCUT2D eigenvalue weighted by Crippen LogP contribution is -2.31. The first kappa shape index (κ1) is 18.5. The molecule has 8 nitrogen and oxygen atoms in total. The predicted molar refractivity (Wildman–Crippen MR) is 108 cm³/mol. The SMILES string of the molecule is Cc1cc(NC(=O)CSc2nnc(N3CCCCC3)n2-c2ccccc2)no1. The third kappa shape index (κ3) is 4.19. The largest absolute Gasteiger partial charge is 0.360 e. The van der Waals surface area contributed by atoms with Gasteiger partial charge < -0.3 is 14.7 Å². The highest BCUT2D eigenvalue weighted by Crippen LogP contribution is 2.28. The van der Waals surface area contributed by atoms with Gasteiger partial charge in [-0.3, -0.25) is 9.36 Å². The van der Waals surface area contributed by atoms with Crippen molar-refractivity contribution in [1.29, 1.82) is 0 Å². The van der Waals surface area contributed by atoms with Crippen LogP contribution in [0.1, 0.15) is 25.0 Å². The van der Waals surface area contributed by atoms with Crippen LogP contribution in [0.25, 0.3) is 5.69 Å². The van der Waals surface area contributed by atoms with Gasteiger partial charge in [-0.25, -0.2) is 0 Å². The highest BCUT2D eigenvalue weighted by Gasteiger charge is 2.22. The number of piperidine rings is 1. The third-order valence-corrected chi connectivity index (χ3v) is 5.43. The van der Waals surface area contributed by atoms with Gasteiger partial charge in [0.1, 0.15) is 5.76 Å². The van der Waals surface area contributed by atoms with Crippen molar-refractivity contribution in [3.8, 4) is 5.69 Å². The topological polar surface area (TPSA) is 89.1 Å². The molecule has 146 valence electrons. The number of amides is 1. The zero-order valence-corrected chi connectivity index (χ0v) is 16.5. The van der Waals surface area contributed by atoms with Crippen molar-refractivity contribution in [2.75, 3.05) is 29.1 Å². The molecule has 0 atom stereocenters. The molecule has 0 saturated carbocycles. The van der Waals surface area contributed by atoms with Crippen LogP contribution in [0.5, 0.6) is 0 Å². The third-order valence-electron chi connectivity index (χ3n) is 4.50. The maximum absolute atomic E-state index is 12.3. The highest BCUT2D eigenvalue weighted by molar-refractivity contribution is 7.99. The predicted octanol–water partition coefficient (Wildman–Crippen LogP) is 3.28. The summed E-state index contributed by atoms with van der Waals surface area (Å²) in [5.41, 5.74) is 0.989. The van der Waals surface area contributed by atoms with Crippen molar-refractivity contribution in [2.24, 2.45) is 0 Å². The van der Waals surface area contributed by atoms with Gasteiger partial charge in [0.05, 0.1) is 11.4 Å². The average molecular weight is 398 g/mol. The zero-order valence-electron chi connectivity index (χ0n) is 15.7. The lowest BCUT2D eigenvalue weighted by Gasteiger charge is -2.27. The lowest BCUT2D eigenvalue weighted by molar-refractivity contribution is -0.113. The van der Waals surface area contributed by atoms with Crippen LogP contribution in [0.3, 0.4) is 0 Å². The summed E-state index contributed by atoms with van der Waals surface area (Å²) < 4.78 is 7.00. The summed E-state index contributed by atoms with van der Waals surface area (Å²) in [6.45, 7) is 3.73. The molecule has 2 aromatic heterocycles. The quantitative estimate of drug-likeness (QED) is 0.637. The molecule has 28 heavy (non-hydrogen) atoms. The fourth-order valence-corrected chi connectivity index (χ4v) is 3.94. The Morgan fingerprint density at radius 1 is 1.18 bits per heavy atom. The molecule has 1 aromatic carbocycles. The van der Waals surface area contributed by atoms with Crippen LogP contribution in [0.15, 0.2) is 46.1 Å². The van der Waals surface area contributed by atoms with E-state index in [4.69, 9.17) is 4.52 Å². The number of nitrogens with one attached hydrogen (secondary N) is 1. The van der Waals surface area contributed by atoms with E-state index in [-0.39, 0.29) is 11.7 Å². The van der Waals surface area contributed by atoms with Gasteiger partial charge >= 0.3 is 0 Å². The maximum atomic E-state index is 12.3. The number of aryl methyl sites for hydroxylation is 1. The summed E-state index contributed by atoms with van der Waals surface area (Å²) in [4.78, 5) is 14.5. The fraction of sp³-hybridized carbons (Fsp3) is 0.368. The second-order valence-electron chi connectivity index (χ2n) is 6.66. The number of anilines is 2. The standard InChI is InChI=1S/C19H22N6O2S/c1-14-12-16(23-27-14)20-17(26)13-28-19-22-21-18(24-10-6-3-7-11-24)25(19)15-8-4-2-5-9-15/h2,4-5,8-9,12H,3,6-7,10-11,13H2,1H3,(H,20,23,26). The van der Waals surface area contributed by atoms with Gasteiger partial charge in [-0.2, -0.15) is 0 Å². The second kappa shape index (κ2) is 8.47. The molecule has 0 spiro atoms. The molecule has 1 aliphatic heterocycles. The molecule has 4 rings (SSSR count). The van der Waals surface area contributed by atoms with Gasteiger partial charge in [0.15, 0.2) is 11.0 Å². The van der Waals surface area contributed by atoms with E-state index in [9.17, 15) is 4.79 Å². The van der Waals surface area contributed by atoms with E-state index in [2.05, 4.69) is 25.6 Å². The molecule has 1 saturated heterocycles. The number of hydrogen-bond donors (Lipinski definition) is 1. The first-order valence-electron chi connectivity index (χ1n) is 9.32. The summed E-state index contributed by atoms with van der Waals surface area (Å²) >= 11 is 1.35. The molecule has 1 N–H and O–H groups in total. The average Bonchev–Trinajstić information content (AvgIpc) is 3.33. The Morgan fingerprint density at radius 3 is 2.68 bits per heavy atom. The van der Waals surface area contributed by atoms with Crippen LogP contribution in [0, 0.1) is 6.92 Å². The van der Waals surface area contributed by atoms with Crippen molar-refractivity contribution < 1.29 is 9.32 Å². The summed E-state index contributed by atoms with van der Waals surface area (Å²) in [5.74, 6) is 1.94. The maximum Gasteiger partial charge on any atom is 0.236 e. The second-order valence-corrected chi connectivity index (χ2v) is 7.60. The number of para-hydroxylation sites is 1. The molecule has 3 aromatic rings. The first-order chi connectivity index (χ1) is 13.7. The Balaban J connectivity index is 1.53. The number of aromatic nitrogens is 4. The van der Waals surface area contributed by atoms with Gasteiger partial charge in [0.25, 0.3) is 0 Å². The van der Waals surface area contributed by atoms with Crippen LogP contribution in [0.4, 0.5) is 11.8 Å². The summed E-state index contributed by atoms with van der Waals surface area (Å²) in [7, 11) is 0. The van der Waals surface area contributed by atoms with Crippen molar-refractivity contribution >= 4 is 29.4 Å². The number of nitrogens with zero attached hydrogens (tertiary/aromatic N) is 5. The Bertz CT molecular complexity index is 933. The molecule has 0 radical (unpaired) electrons. The molecule has 9 heteroatoms. The van der Waals surface area contributed by atoms with E-state index < -0.39 is 0 Å². The first-order valence-corrected chi connectivity index (χ1v) is 10.3. The smallest absolute Gasteiger partial charge is 0.236 e. The van der Waals surface area contributed by atoms with Gasteiger partial charge in [0, 0.05) is 19.2 Å². The van der Waals surface area contributed by atoms with E-state index in [0.29, 0.717) is 16.7 Å². The number of carbonyl (C=O) groups is 1. The monoisotopic (exact) mass is 398 g/mol. The molecule has 1 fully saturated rings. The molecular formula is C19H22N6O2S. The molecular weight excluding hydrogens is 376 g/mol. The van der Waals surface area contributed by atoms with Crippen LogP contribution >= 0.6 is 11.8 Å². The number of hydrogen-bond acceptors (Lipinski definition) is 7. The van der Waals surface area contributed by atoms with Crippen LogP contribution in [0.2, 0.25) is 0 Å². The van der Waals surface area contributed by atoms with E-state index >= 15 is 0 Å². The summed E-state index contributed by atoms with van der Waals surface area (Å²) in [6.07, 6.45) is 3.56. The minimum absolute atomic E-state index is 0.166.